The quantitative estimate of drug-likeness (QED) is 0.762. The maximum Gasteiger partial charge on any atom is 0.0494 e. The molecule has 2 fully saturated rings. The average molecular weight is 313 g/mol. The molecule has 0 spiro atoms. The molecular weight excluding hydrogens is 291 g/mol. The van der Waals surface area contributed by atoms with Crippen LogP contribution >= 0.6 is 23.2 Å². The van der Waals surface area contributed by atoms with Crippen molar-refractivity contribution in [2.75, 3.05) is 31.6 Å². The molecule has 0 bridgehead atoms. The zero-order valence-electron chi connectivity index (χ0n) is 12.0. The van der Waals surface area contributed by atoms with Crippen LogP contribution in [0.2, 0.25) is 5.02 Å². The van der Waals surface area contributed by atoms with Gasteiger partial charge in [-0.05, 0) is 56.5 Å². The molecule has 0 N–H and O–H groups in total. The summed E-state index contributed by atoms with van der Waals surface area (Å²) in [4.78, 5) is 5.04. The fourth-order valence-electron chi connectivity index (χ4n) is 3.82. The van der Waals surface area contributed by atoms with E-state index in [9.17, 15) is 0 Å². The van der Waals surface area contributed by atoms with Gasteiger partial charge in [0.2, 0.25) is 0 Å². The second kappa shape index (κ2) is 6.13. The maximum absolute atomic E-state index is 6.18. The van der Waals surface area contributed by atoms with Gasteiger partial charge in [0.05, 0.1) is 0 Å². The zero-order valence-corrected chi connectivity index (χ0v) is 13.5. The Kier molecular flexibility index (Phi) is 4.44. The summed E-state index contributed by atoms with van der Waals surface area (Å²) in [6, 6.07) is 6.83. The first kappa shape index (κ1) is 14.5. The van der Waals surface area contributed by atoms with Crippen LogP contribution in [0.3, 0.4) is 0 Å². The molecule has 4 heteroatoms. The summed E-state index contributed by atoms with van der Waals surface area (Å²) < 4.78 is 0. The van der Waals surface area contributed by atoms with Crippen LogP contribution in [0.15, 0.2) is 18.2 Å². The first-order valence-corrected chi connectivity index (χ1v) is 8.40. The summed E-state index contributed by atoms with van der Waals surface area (Å²) in [5.74, 6) is 1.33. The van der Waals surface area contributed by atoms with Crippen molar-refractivity contribution in [3.63, 3.8) is 0 Å². The Hall–Kier alpha value is -0.440. The second-order valence-electron chi connectivity index (χ2n) is 6.09. The number of likely N-dealkylation sites (tertiary alicyclic amines) is 1. The molecule has 0 aliphatic carbocycles. The monoisotopic (exact) mass is 312 g/mol. The number of nitrogens with zero attached hydrogens (tertiary/aromatic N) is 2. The van der Waals surface area contributed by atoms with E-state index in [-0.39, 0.29) is 0 Å². The minimum atomic E-state index is 0.553. The predicted octanol–water partition coefficient (Wildman–Crippen LogP) is 4.00. The van der Waals surface area contributed by atoms with E-state index in [0.29, 0.717) is 5.88 Å². The zero-order chi connectivity index (χ0) is 14.1. The largest absolute Gasteiger partial charge is 0.371 e. The van der Waals surface area contributed by atoms with E-state index in [2.05, 4.69) is 29.0 Å². The second-order valence-corrected chi connectivity index (χ2v) is 6.80. The van der Waals surface area contributed by atoms with Crippen LogP contribution in [0.25, 0.3) is 0 Å². The molecule has 2 saturated heterocycles. The standard InChI is InChI=1S/C16H22Cl2N2/c1-19-7-2-3-13-11-20(8-6-15(13)19)16-9-14(18)5-4-12(16)10-17/h4-5,9,13,15H,2-3,6-8,10-11H2,1H3. The fraction of sp³-hybridized carbons (Fsp3) is 0.625. The molecule has 3 rings (SSSR count). The third-order valence-electron chi connectivity index (χ3n) is 4.88. The third-order valence-corrected chi connectivity index (χ3v) is 5.40. The highest BCUT2D eigenvalue weighted by molar-refractivity contribution is 6.31. The Labute approximate surface area is 131 Å². The van der Waals surface area contributed by atoms with Crippen molar-refractivity contribution < 1.29 is 0 Å². The van der Waals surface area contributed by atoms with E-state index in [1.807, 2.05) is 6.07 Å². The smallest absolute Gasteiger partial charge is 0.0494 e. The van der Waals surface area contributed by atoms with Crippen LogP contribution < -0.4 is 4.90 Å². The Morgan fingerprint density at radius 3 is 2.90 bits per heavy atom. The topological polar surface area (TPSA) is 6.48 Å². The third kappa shape index (κ3) is 2.79. The Morgan fingerprint density at radius 2 is 2.10 bits per heavy atom. The van der Waals surface area contributed by atoms with Crippen molar-refractivity contribution in [3.8, 4) is 0 Å². The molecule has 0 aromatic heterocycles. The van der Waals surface area contributed by atoms with E-state index in [0.717, 1.165) is 30.1 Å². The van der Waals surface area contributed by atoms with Crippen LogP contribution in [0.4, 0.5) is 5.69 Å². The predicted molar refractivity (Wildman–Crippen MR) is 87.0 cm³/mol. The van der Waals surface area contributed by atoms with Crippen molar-refractivity contribution in [1.82, 2.24) is 4.90 Å². The Morgan fingerprint density at radius 1 is 1.25 bits per heavy atom. The molecule has 1 aromatic rings. The number of anilines is 1. The SMILES string of the molecule is CN1CCCC2CN(c3cc(Cl)ccc3CCl)CCC21. The highest BCUT2D eigenvalue weighted by Crippen LogP contribution is 2.34. The number of hydrogen-bond acceptors (Lipinski definition) is 2. The lowest BCUT2D eigenvalue weighted by Gasteiger charge is -2.47. The summed E-state index contributed by atoms with van der Waals surface area (Å²) in [5, 5.41) is 0.803. The molecular formula is C16H22Cl2N2. The van der Waals surface area contributed by atoms with Gasteiger partial charge in [0, 0.05) is 35.7 Å². The highest BCUT2D eigenvalue weighted by Gasteiger charge is 2.34. The summed E-state index contributed by atoms with van der Waals surface area (Å²) in [7, 11) is 2.27. The van der Waals surface area contributed by atoms with Crippen molar-refractivity contribution >= 4 is 28.9 Å². The lowest BCUT2D eigenvalue weighted by Crippen LogP contribution is -2.52. The lowest BCUT2D eigenvalue weighted by atomic mass is 9.84. The molecule has 0 amide bonds. The molecule has 2 heterocycles. The highest BCUT2D eigenvalue weighted by atomic mass is 35.5. The molecule has 1 aromatic carbocycles. The molecule has 2 atom stereocenters. The summed E-state index contributed by atoms with van der Waals surface area (Å²) in [6.07, 6.45) is 3.92. The van der Waals surface area contributed by atoms with Crippen LogP contribution in [0.1, 0.15) is 24.8 Å². The number of fused-ring (bicyclic) bond motifs is 1. The van der Waals surface area contributed by atoms with Gasteiger partial charge in [-0.1, -0.05) is 17.7 Å². The minimum Gasteiger partial charge on any atom is -0.371 e. The van der Waals surface area contributed by atoms with Crippen LogP contribution in [0.5, 0.6) is 0 Å². The van der Waals surface area contributed by atoms with Crippen LogP contribution in [-0.2, 0) is 5.88 Å². The first-order chi connectivity index (χ1) is 9.69. The lowest BCUT2D eigenvalue weighted by molar-refractivity contribution is 0.102. The van der Waals surface area contributed by atoms with Gasteiger partial charge in [-0.3, -0.25) is 0 Å². The van der Waals surface area contributed by atoms with Gasteiger partial charge in [-0.2, -0.15) is 0 Å². The van der Waals surface area contributed by atoms with Gasteiger partial charge in [0.15, 0.2) is 0 Å². The Bertz CT molecular complexity index is 478. The van der Waals surface area contributed by atoms with E-state index in [1.54, 1.807) is 0 Å². The van der Waals surface area contributed by atoms with E-state index in [1.165, 1.54) is 37.1 Å². The van der Waals surface area contributed by atoms with Gasteiger partial charge in [0.25, 0.3) is 0 Å². The Balaban J connectivity index is 1.81. The molecule has 2 aliphatic heterocycles. The first-order valence-electron chi connectivity index (χ1n) is 7.48. The van der Waals surface area contributed by atoms with Crippen molar-refractivity contribution in [2.45, 2.75) is 31.2 Å². The van der Waals surface area contributed by atoms with Gasteiger partial charge >= 0.3 is 0 Å². The van der Waals surface area contributed by atoms with Gasteiger partial charge in [-0.15, -0.1) is 11.6 Å². The normalized spacial score (nSPS) is 27.4. The van der Waals surface area contributed by atoms with E-state index >= 15 is 0 Å². The molecule has 20 heavy (non-hydrogen) atoms. The molecule has 110 valence electrons. The number of hydrogen-bond donors (Lipinski definition) is 0. The van der Waals surface area contributed by atoms with Crippen LogP contribution in [-0.4, -0.2) is 37.6 Å². The number of piperidine rings is 2. The summed E-state index contributed by atoms with van der Waals surface area (Å²) in [5.41, 5.74) is 2.43. The number of benzene rings is 1. The average Bonchev–Trinajstić information content (AvgIpc) is 2.47. The summed E-state index contributed by atoms with van der Waals surface area (Å²) >= 11 is 12.3. The molecule has 0 radical (unpaired) electrons. The minimum absolute atomic E-state index is 0.553. The number of rotatable bonds is 2. The van der Waals surface area contributed by atoms with Gasteiger partial charge in [0.1, 0.15) is 0 Å². The van der Waals surface area contributed by atoms with Gasteiger partial charge in [-0.25, -0.2) is 0 Å². The van der Waals surface area contributed by atoms with E-state index < -0.39 is 0 Å². The maximum atomic E-state index is 6.18. The van der Waals surface area contributed by atoms with E-state index in [4.69, 9.17) is 23.2 Å². The molecule has 2 aliphatic rings. The van der Waals surface area contributed by atoms with Crippen molar-refractivity contribution in [2.24, 2.45) is 5.92 Å². The number of halogens is 2. The van der Waals surface area contributed by atoms with Crippen molar-refractivity contribution in [3.05, 3.63) is 28.8 Å². The van der Waals surface area contributed by atoms with Crippen LogP contribution in [0, 0.1) is 5.92 Å². The van der Waals surface area contributed by atoms with Crippen molar-refractivity contribution in [1.29, 1.82) is 0 Å². The molecule has 2 nitrogen and oxygen atoms in total. The number of alkyl halides is 1. The fourth-order valence-corrected chi connectivity index (χ4v) is 4.21. The summed E-state index contributed by atoms with van der Waals surface area (Å²) in [6.45, 7) is 3.50. The van der Waals surface area contributed by atoms with Gasteiger partial charge < -0.3 is 9.80 Å². The molecule has 0 saturated carbocycles. The molecule has 2 unspecified atom stereocenters.